The Labute approximate surface area is 143 Å². The molecule has 0 spiro atoms. The monoisotopic (exact) mass is 320 g/mol. The molecule has 4 aliphatic rings. The topological polar surface area (TPSA) is 24.7 Å². The van der Waals surface area contributed by atoms with Crippen LogP contribution in [0.25, 0.3) is 0 Å². The Morgan fingerprint density at radius 3 is 2.26 bits per heavy atom. The molecule has 0 radical (unpaired) electrons. The number of aliphatic hydroxyl groups is 1. The molecule has 0 amide bonds. The summed E-state index contributed by atoms with van der Waals surface area (Å²) in [6.07, 6.45) is 12.1. The Balaban J connectivity index is 1.60. The molecule has 2 heteroatoms. The zero-order valence-electron chi connectivity index (χ0n) is 15.8. The summed E-state index contributed by atoms with van der Waals surface area (Å²) in [6.45, 7) is 5.24. The lowest BCUT2D eigenvalue weighted by atomic mass is 9.45. The van der Waals surface area contributed by atoms with Crippen LogP contribution in [0.1, 0.15) is 71.6 Å². The fourth-order valence-electron chi connectivity index (χ4n) is 8.18. The van der Waals surface area contributed by atoms with Gasteiger partial charge in [-0.25, -0.2) is 0 Å². The molecule has 0 aromatic rings. The first-order valence-electron chi connectivity index (χ1n) is 10.3. The molecule has 0 aromatic carbocycles. The molecule has 2 nitrogen and oxygen atoms in total. The lowest BCUT2D eigenvalue weighted by Crippen LogP contribution is -3.11. The number of fused-ring (bicyclic) bond motifs is 5. The summed E-state index contributed by atoms with van der Waals surface area (Å²) in [5.74, 6) is 3.71. The minimum Gasteiger partial charge on any atom is -0.393 e. The van der Waals surface area contributed by atoms with Gasteiger partial charge < -0.3 is 10.0 Å². The number of nitrogens with one attached hydrogen (secondary N) is 1. The number of hydrogen-bond donors (Lipinski definition) is 2. The predicted octanol–water partition coefficient (Wildman–Crippen LogP) is 2.90. The number of quaternary nitrogens is 1. The van der Waals surface area contributed by atoms with Gasteiger partial charge in [0.2, 0.25) is 0 Å². The smallest absolute Gasteiger partial charge is 0.0927 e. The zero-order chi connectivity index (χ0) is 16.4. The van der Waals surface area contributed by atoms with Crippen molar-refractivity contribution in [1.82, 2.24) is 0 Å². The maximum Gasteiger partial charge on any atom is 0.0927 e. The quantitative estimate of drug-likeness (QED) is 0.763. The van der Waals surface area contributed by atoms with Gasteiger partial charge in [-0.3, -0.25) is 0 Å². The highest BCUT2D eigenvalue weighted by molar-refractivity contribution is 5.09. The van der Waals surface area contributed by atoms with Gasteiger partial charge in [-0.15, -0.1) is 0 Å². The van der Waals surface area contributed by atoms with Crippen molar-refractivity contribution in [2.75, 3.05) is 14.1 Å². The summed E-state index contributed by atoms with van der Waals surface area (Å²) < 4.78 is 0. The van der Waals surface area contributed by atoms with Gasteiger partial charge in [0, 0.05) is 11.8 Å². The van der Waals surface area contributed by atoms with Crippen molar-refractivity contribution in [3.8, 4) is 0 Å². The maximum absolute atomic E-state index is 10.1. The van der Waals surface area contributed by atoms with Crippen LogP contribution >= 0.6 is 0 Å². The average molecular weight is 321 g/mol. The van der Waals surface area contributed by atoms with Crippen LogP contribution < -0.4 is 4.90 Å². The third kappa shape index (κ3) is 2.27. The van der Waals surface area contributed by atoms with E-state index in [-0.39, 0.29) is 6.10 Å². The Hall–Kier alpha value is -0.0800. The Kier molecular flexibility index (Phi) is 3.89. The van der Waals surface area contributed by atoms with E-state index in [9.17, 15) is 5.11 Å². The first kappa shape index (κ1) is 16.4. The van der Waals surface area contributed by atoms with Gasteiger partial charge in [-0.05, 0) is 80.5 Å². The van der Waals surface area contributed by atoms with Crippen LogP contribution in [0, 0.1) is 34.5 Å². The first-order valence-corrected chi connectivity index (χ1v) is 10.3. The van der Waals surface area contributed by atoms with Crippen molar-refractivity contribution in [1.29, 1.82) is 0 Å². The van der Waals surface area contributed by atoms with Crippen molar-refractivity contribution in [2.45, 2.75) is 83.8 Å². The van der Waals surface area contributed by atoms with Crippen molar-refractivity contribution in [3.63, 3.8) is 0 Å². The molecule has 0 heterocycles. The summed E-state index contributed by atoms with van der Waals surface area (Å²) in [4.78, 5) is 1.69. The van der Waals surface area contributed by atoms with Crippen LogP contribution in [0.5, 0.6) is 0 Å². The van der Waals surface area contributed by atoms with E-state index >= 15 is 0 Å². The van der Waals surface area contributed by atoms with Gasteiger partial charge >= 0.3 is 0 Å². The third-order valence-electron chi connectivity index (χ3n) is 9.34. The summed E-state index contributed by atoms with van der Waals surface area (Å²) in [5.41, 5.74) is 1.13. The molecular formula is C21H38NO+. The van der Waals surface area contributed by atoms with Crippen LogP contribution in [0.4, 0.5) is 0 Å². The van der Waals surface area contributed by atoms with Gasteiger partial charge in [0.1, 0.15) is 0 Å². The van der Waals surface area contributed by atoms with Crippen molar-refractivity contribution in [3.05, 3.63) is 0 Å². The van der Waals surface area contributed by atoms with Crippen molar-refractivity contribution in [2.24, 2.45) is 34.5 Å². The van der Waals surface area contributed by atoms with Gasteiger partial charge in [0.05, 0.1) is 26.2 Å². The highest BCUT2D eigenvalue weighted by Gasteiger charge is 2.61. The molecule has 4 rings (SSSR count). The summed E-state index contributed by atoms with van der Waals surface area (Å²) in [7, 11) is 4.76. The molecule has 0 unspecified atom stereocenters. The average Bonchev–Trinajstić information content (AvgIpc) is 2.85. The molecule has 0 bridgehead atoms. The van der Waals surface area contributed by atoms with E-state index in [2.05, 4.69) is 27.9 Å². The van der Waals surface area contributed by atoms with E-state index in [1.807, 2.05) is 0 Å². The molecule has 0 aromatic heterocycles. The summed E-state index contributed by atoms with van der Waals surface area (Å²) in [6, 6.07) is 0.882. The van der Waals surface area contributed by atoms with E-state index in [0.29, 0.717) is 10.8 Å². The second-order valence-electron chi connectivity index (χ2n) is 10.3. The first-order chi connectivity index (χ1) is 10.9. The Morgan fingerprint density at radius 2 is 1.52 bits per heavy atom. The minimum absolute atomic E-state index is 0.00770. The summed E-state index contributed by atoms with van der Waals surface area (Å²) >= 11 is 0. The fraction of sp³-hybridized carbons (Fsp3) is 1.00. The van der Waals surface area contributed by atoms with Crippen LogP contribution in [0.3, 0.4) is 0 Å². The van der Waals surface area contributed by atoms with E-state index < -0.39 is 0 Å². The zero-order valence-corrected chi connectivity index (χ0v) is 15.8. The number of hydrogen-bond acceptors (Lipinski definition) is 1. The minimum atomic E-state index is -0.00770. The normalized spacial score (nSPS) is 56.1. The molecule has 4 saturated carbocycles. The standard InChI is InChI=1S/C21H37NO/c1-20-11-9-15(23)13-14(20)5-6-16-17-7-8-19(22(3)4)21(17,2)12-10-18(16)20/h14-19,23H,5-13H2,1-4H3/p+1/t14-,15-,16-,17+,18-,19-,20-,21-/m0/s1. The lowest BCUT2D eigenvalue weighted by Gasteiger charge is -2.60. The maximum atomic E-state index is 10.1. The SMILES string of the molecule is C[NH+](C)[C@H]1CC[C@@H]2[C@@H]3CC[C@H]4C[C@@H](O)CC[C@]4(C)[C@H]3CC[C@@]21C. The van der Waals surface area contributed by atoms with Crippen molar-refractivity contribution >= 4 is 0 Å². The predicted molar refractivity (Wildman–Crippen MR) is 94.3 cm³/mol. The molecule has 4 aliphatic carbocycles. The molecule has 2 N–H and O–H groups in total. The highest BCUT2D eigenvalue weighted by Crippen LogP contribution is 2.65. The summed E-state index contributed by atoms with van der Waals surface area (Å²) in [5, 5.41) is 10.1. The molecule has 8 atom stereocenters. The molecule has 0 aliphatic heterocycles. The second kappa shape index (κ2) is 5.46. The van der Waals surface area contributed by atoms with E-state index in [4.69, 9.17) is 0 Å². The van der Waals surface area contributed by atoms with Gasteiger partial charge in [-0.2, -0.15) is 0 Å². The van der Waals surface area contributed by atoms with Crippen LogP contribution in [-0.4, -0.2) is 31.3 Å². The van der Waals surface area contributed by atoms with Crippen LogP contribution in [0.2, 0.25) is 0 Å². The van der Waals surface area contributed by atoms with Crippen molar-refractivity contribution < 1.29 is 10.0 Å². The largest absolute Gasteiger partial charge is 0.393 e. The molecule has 0 saturated heterocycles. The van der Waals surface area contributed by atoms with Crippen LogP contribution in [0.15, 0.2) is 0 Å². The van der Waals surface area contributed by atoms with Gasteiger partial charge in [0.25, 0.3) is 0 Å². The molecule has 23 heavy (non-hydrogen) atoms. The molecule has 132 valence electrons. The van der Waals surface area contributed by atoms with Crippen LogP contribution in [-0.2, 0) is 0 Å². The third-order valence-corrected chi connectivity index (χ3v) is 9.34. The van der Waals surface area contributed by atoms with E-state index in [1.54, 1.807) is 4.90 Å². The number of rotatable bonds is 1. The lowest BCUT2D eigenvalue weighted by molar-refractivity contribution is -0.893. The van der Waals surface area contributed by atoms with Gasteiger partial charge in [0.15, 0.2) is 0 Å². The second-order valence-corrected chi connectivity index (χ2v) is 10.3. The van der Waals surface area contributed by atoms with E-state index in [1.165, 1.54) is 44.9 Å². The Bertz CT molecular complexity index is 463. The molecular weight excluding hydrogens is 282 g/mol. The van der Waals surface area contributed by atoms with Gasteiger partial charge in [-0.1, -0.05) is 13.8 Å². The number of aliphatic hydroxyl groups excluding tert-OH is 1. The molecule has 4 fully saturated rings. The fourth-order valence-corrected chi connectivity index (χ4v) is 8.18. The highest BCUT2D eigenvalue weighted by atomic mass is 16.3. The Morgan fingerprint density at radius 1 is 0.826 bits per heavy atom. The van der Waals surface area contributed by atoms with E-state index in [0.717, 1.165) is 42.6 Å².